The van der Waals surface area contributed by atoms with E-state index in [9.17, 15) is 9.59 Å². The van der Waals surface area contributed by atoms with Crippen molar-refractivity contribution < 1.29 is 18.7 Å². The fourth-order valence-electron chi connectivity index (χ4n) is 5.61. The highest BCUT2D eigenvalue weighted by atomic mass is 16.5. The molecule has 1 atom stereocenters. The Kier molecular flexibility index (Phi) is 6.90. The molecule has 190 valence electrons. The number of carbonyl (C=O) groups is 2. The molecule has 7 nitrogen and oxygen atoms in total. The third-order valence-corrected chi connectivity index (χ3v) is 7.73. The number of para-hydroxylation sites is 1. The van der Waals surface area contributed by atoms with Crippen molar-refractivity contribution in [2.24, 2.45) is 0 Å². The van der Waals surface area contributed by atoms with Crippen LogP contribution in [-0.2, 0) is 17.9 Å². The van der Waals surface area contributed by atoms with Crippen LogP contribution < -0.4 is 10.1 Å². The summed E-state index contributed by atoms with van der Waals surface area (Å²) in [6.45, 7) is 2.50. The quantitative estimate of drug-likeness (QED) is 0.503. The fraction of sp³-hybridized carbons (Fsp3) is 0.448. The van der Waals surface area contributed by atoms with E-state index in [1.165, 1.54) is 19.3 Å². The first kappa shape index (κ1) is 24.2. The Morgan fingerprint density at radius 2 is 1.75 bits per heavy atom. The molecule has 0 saturated heterocycles. The number of furan rings is 1. The second-order valence-electron chi connectivity index (χ2n) is 10.2. The van der Waals surface area contributed by atoms with Gasteiger partial charge in [0.15, 0.2) is 0 Å². The second-order valence-corrected chi connectivity index (χ2v) is 10.2. The minimum Gasteiger partial charge on any atom is -0.496 e. The summed E-state index contributed by atoms with van der Waals surface area (Å²) >= 11 is 0. The lowest BCUT2D eigenvalue weighted by molar-refractivity contribution is -0.134. The van der Waals surface area contributed by atoms with Gasteiger partial charge in [-0.3, -0.25) is 9.59 Å². The summed E-state index contributed by atoms with van der Waals surface area (Å²) in [4.78, 5) is 29.7. The SMILES string of the molecule is COc1ccccc1CN1C(=O)c2ccc(-c3ccco3)n2CC1(C)C(=O)NC1CCCCCCC1. The average molecular weight is 490 g/mol. The first-order valence-electron chi connectivity index (χ1n) is 13.0. The van der Waals surface area contributed by atoms with E-state index >= 15 is 0 Å². The van der Waals surface area contributed by atoms with Gasteiger partial charge in [0.05, 0.1) is 32.2 Å². The van der Waals surface area contributed by atoms with Crippen LogP contribution in [0.25, 0.3) is 11.5 Å². The molecule has 1 N–H and O–H groups in total. The van der Waals surface area contributed by atoms with Crippen LogP contribution in [0.1, 0.15) is 67.9 Å². The van der Waals surface area contributed by atoms with Crippen LogP contribution in [0.2, 0.25) is 0 Å². The lowest BCUT2D eigenvalue weighted by Gasteiger charge is -2.45. The summed E-state index contributed by atoms with van der Waals surface area (Å²) in [6, 6.07) is 15.2. The lowest BCUT2D eigenvalue weighted by Crippen LogP contribution is -2.64. The van der Waals surface area contributed by atoms with E-state index in [1.54, 1.807) is 18.3 Å². The second kappa shape index (κ2) is 10.2. The molecule has 1 unspecified atom stereocenters. The molecular formula is C29H35N3O4. The van der Waals surface area contributed by atoms with Crippen molar-refractivity contribution in [1.82, 2.24) is 14.8 Å². The van der Waals surface area contributed by atoms with Crippen LogP contribution in [0.4, 0.5) is 0 Å². The normalized spacial score (nSPS) is 20.9. The zero-order valence-corrected chi connectivity index (χ0v) is 21.2. The van der Waals surface area contributed by atoms with E-state index in [4.69, 9.17) is 9.15 Å². The molecule has 36 heavy (non-hydrogen) atoms. The third kappa shape index (κ3) is 4.54. The Labute approximate surface area is 212 Å². The number of amides is 2. The molecule has 1 aliphatic heterocycles. The molecule has 1 aliphatic carbocycles. The van der Waals surface area contributed by atoms with Gasteiger partial charge in [-0.2, -0.15) is 0 Å². The molecule has 2 aromatic heterocycles. The van der Waals surface area contributed by atoms with Gasteiger partial charge in [-0.15, -0.1) is 0 Å². The summed E-state index contributed by atoms with van der Waals surface area (Å²) in [6.07, 6.45) is 9.51. The van der Waals surface area contributed by atoms with Crippen molar-refractivity contribution in [1.29, 1.82) is 0 Å². The van der Waals surface area contributed by atoms with Gasteiger partial charge in [-0.25, -0.2) is 0 Å². The summed E-state index contributed by atoms with van der Waals surface area (Å²) in [5, 5.41) is 3.34. The first-order valence-corrected chi connectivity index (χ1v) is 13.0. The van der Waals surface area contributed by atoms with Crippen LogP contribution in [0.5, 0.6) is 5.75 Å². The van der Waals surface area contributed by atoms with Gasteiger partial charge in [-0.1, -0.05) is 50.3 Å². The summed E-state index contributed by atoms with van der Waals surface area (Å²) in [7, 11) is 1.62. The summed E-state index contributed by atoms with van der Waals surface area (Å²) in [5.41, 5.74) is 1.12. The zero-order chi connectivity index (χ0) is 25.1. The zero-order valence-electron chi connectivity index (χ0n) is 21.2. The summed E-state index contributed by atoms with van der Waals surface area (Å²) in [5.74, 6) is 1.08. The van der Waals surface area contributed by atoms with Crippen LogP contribution in [-0.4, -0.2) is 40.0 Å². The molecule has 0 radical (unpaired) electrons. The van der Waals surface area contributed by atoms with Crippen molar-refractivity contribution in [3.63, 3.8) is 0 Å². The van der Waals surface area contributed by atoms with Gasteiger partial charge in [0.2, 0.25) is 5.91 Å². The largest absolute Gasteiger partial charge is 0.496 e. The van der Waals surface area contributed by atoms with Crippen molar-refractivity contribution in [2.45, 2.75) is 76.5 Å². The number of rotatable bonds is 6. The molecular weight excluding hydrogens is 454 g/mol. The van der Waals surface area contributed by atoms with Gasteiger partial charge in [0.1, 0.15) is 22.7 Å². The van der Waals surface area contributed by atoms with Crippen molar-refractivity contribution in [3.8, 4) is 17.2 Å². The lowest BCUT2D eigenvalue weighted by atomic mass is 9.91. The number of benzene rings is 1. The molecule has 1 saturated carbocycles. The first-order chi connectivity index (χ1) is 17.5. The number of ether oxygens (including phenoxy) is 1. The number of nitrogens with zero attached hydrogens (tertiary/aromatic N) is 2. The van der Waals surface area contributed by atoms with Crippen LogP contribution in [0.15, 0.2) is 59.2 Å². The number of carbonyl (C=O) groups excluding carboxylic acids is 2. The van der Waals surface area contributed by atoms with Crippen molar-refractivity contribution in [2.75, 3.05) is 7.11 Å². The molecule has 2 aliphatic rings. The number of hydrogen-bond acceptors (Lipinski definition) is 4. The Morgan fingerprint density at radius 1 is 1.03 bits per heavy atom. The monoisotopic (exact) mass is 489 g/mol. The van der Waals surface area contributed by atoms with E-state index in [0.717, 1.165) is 36.9 Å². The van der Waals surface area contributed by atoms with Crippen molar-refractivity contribution >= 4 is 11.8 Å². The molecule has 0 bridgehead atoms. The highest BCUT2D eigenvalue weighted by molar-refractivity contribution is 6.00. The Balaban J connectivity index is 1.51. The van der Waals surface area contributed by atoms with Crippen LogP contribution in [0, 0.1) is 0 Å². The summed E-state index contributed by atoms with van der Waals surface area (Å²) < 4.78 is 13.1. The van der Waals surface area contributed by atoms with Gasteiger partial charge >= 0.3 is 0 Å². The molecule has 1 fully saturated rings. The standard InChI is InChI=1S/C29H35N3O4/c1-29(28(34)30-22-12-6-4-3-5-7-13-22)20-31-23(26-15-10-18-36-26)16-17-24(31)27(33)32(29)19-21-11-8-9-14-25(21)35-2/h8-11,14-18,22H,3-7,12-13,19-20H2,1-2H3,(H,30,34). The highest BCUT2D eigenvalue weighted by Gasteiger charge is 2.48. The maximum atomic E-state index is 14.0. The van der Waals surface area contributed by atoms with E-state index in [1.807, 2.05) is 60.0 Å². The van der Waals surface area contributed by atoms with E-state index in [-0.39, 0.29) is 24.4 Å². The van der Waals surface area contributed by atoms with Gasteiger partial charge < -0.3 is 23.9 Å². The molecule has 2 amide bonds. The Bertz CT molecular complexity index is 1210. The predicted molar refractivity (Wildman–Crippen MR) is 138 cm³/mol. The number of nitrogens with one attached hydrogen (secondary N) is 1. The molecule has 7 heteroatoms. The Hall–Kier alpha value is -3.48. The van der Waals surface area contributed by atoms with Crippen LogP contribution in [0.3, 0.4) is 0 Å². The minimum atomic E-state index is -1.09. The van der Waals surface area contributed by atoms with Gasteiger partial charge in [-0.05, 0) is 50.1 Å². The van der Waals surface area contributed by atoms with Gasteiger partial charge in [0, 0.05) is 11.6 Å². The number of methoxy groups -OCH3 is 1. The molecule has 3 heterocycles. The van der Waals surface area contributed by atoms with E-state index < -0.39 is 5.54 Å². The maximum absolute atomic E-state index is 14.0. The number of hydrogen-bond donors (Lipinski definition) is 1. The molecule has 0 spiro atoms. The molecule has 3 aromatic rings. The van der Waals surface area contributed by atoms with E-state index in [0.29, 0.717) is 23.7 Å². The van der Waals surface area contributed by atoms with Gasteiger partial charge in [0.25, 0.3) is 5.91 Å². The van der Waals surface area contributed by atoms with Crippen LogP contribution >= 0.6 is 0 Å². The average Bonchev–Trinajstić information content (AvgIpc) is 3.53. The number of aromatic nitrogens is 1. The smallest absolute Gasteiger partial charge is 0.271 e. The third-order valence-electron chi connectivity index (χ3n) is 7.73. The predicted octanol–water partition coefficient (Wildman–Crippen LogP) is 5.40. The topological polar surface area (TPSA) is 76.7 Å². The Morgan fingerprint density at radius 3 is 2.47 bits per heavy atom. The number of fused-ring (bicyclic) bond motifs is 1. The van der Waals surface area contributed by atoms with Crippen molar-refractivity contribution in [3.05, 3.63) is 66.1 Å². The maximum Gasteiger partial charge on any atom is 0.271 e. The highest BCUT2D eigenvalue weighted by Crippen LogP contribution is 2.35. The minimum absolute atomic E-state index is 0.110. The van der Waals surface area contributed by atoms with E-state index in [2.05, 4.69) is 5.32 Å². The molecule has 5 rings (SSSR count). The fourth-order valence-corrected chi connectivity index (χ4v) is 5.61. The molecule has 1 aromatic carbocycles.